The predicted octanol–water partition coefficient (Wildman–Crippen LogP) is -0.176. The minimum atomic E-state index is -0.302. The average molecular weight is 214 g/mol. The number of hydrogen-bond donors (Lipinski definition) is 2. The zero-order valence-electron chi connectivity index (χ0n) is 8.98. The SMILES string of the molecule is CN(N)/C=C(\N)COC(=O)N1CCCC1. The molecule has 0 atom stereocenters. The summed E-state index contributed by atoms with van der Waals surface area (Å²) in [4.78, 5) is 13.1. The monoisotopic (exact) mass is 214 g/mol. The van der Waals surface area contributed by atoms with Crippen molar-refractivity contribution >= 4 is 6.09 Å². The van der Waals surface area contributed by atoms with Crippen LogP contribution in [0.5, 0.6) is 0 Å². The first-order valence-corrected chi connectivity index (χ1v) is 4.95. The van der Waals surface area contributed by atoms with E-state index in [1.807, 2.05) is 0 Å². The lowest BCUT2D eigenvalue weighted by atomic mass is 10.4. The molecule has 0 unspecified atom stereocenters. The van der Waals surface area contributed by atoms with Crippen molar-refractivity contribution in [2.75, 3.05) is 26.7 Å². The van der Waals surface area contributed by atoms with Crippen LogP contribution in [0.25, 0.3) is 0 Å². The van der Waals surface area contributed by atoms with Crippen molar-refractivity contribution in [3.05, 3.63) is 11.9 Å². The molecule has 15 heavy (non-hydrogen) atoms. The van der Waals surface area contributed by atoms with E-state index in [9.17, 15) is 4.79 Å². The Kier molecular flexibility index (Phi) is 4.23. The van der Waals surface area contributed by atoms with Gasteiger partial charge in [0.25, 0.3) is 0 Å². The van der Waals surface area contributed by atoms with Crippen LogP contribution >= 0.6 is 0 Å². The first kappa shape index (κ1) is 11.6. The molecule has 0 aromatic carbocycles. The van der Waals surface area contributed by atoms with Gasteiger partial charge in [-0.15, -0.1) is 0 Å². The Morgan fingerprint density at radius 3 is 2.67 bits per heavy atom. The molecule has 0 spiro atoms. The summed E-state index contributed by atoms with van der Waals surface area (Å²) in [7, 11) is 1.65. The van der Waals surface area contributed by atoms with Crippen LogP contribution < -0.4 is 11.6 Å². The molecule has 0 aromatic heterocycles. The minimum Gasteiger partial charge on any atom is -0.443 e. The molecule has 1 rings (SSSR count). The Morgan fingerprint density at radius 1 is 1.53 bits per heavy atom. The Morgan fingerprint density at radius 2 is 2.13 bits per heavy atom. The van der Waals surface area contributed by atoms with Crippen molar-refractivity contribution in [1.29, 1.82) is 0 Å². The lowest BCUT2D eigenvalue weighted by molar-refractivity contribution is 0.118. The summed E-state index contributed by atoms with van der Waals surface area (Å²) < 4.78 is 5.00. The van der Waals surface area contributed by atoms with E-state index >= 15 is 0 Å². The number of hydrogen-bond acceptors (Lipinski definition) is 5. The molecule has 1 heterocycles. The van der Waals surface area contributed by atoms with Crippen LogP contribution in [0.15, 0.2) is 11.9 Å². The van der Waals surface area contributed by atoms with E-state index in [1.165, 1.54) is 11.2 Å². The van der Waals surface area contributed by atoms with E-state index in [-0.39, 0.29) is 12.7 Å². The molecule has 1 fully saturated rings. The topological polar surface area (TPSA) is 84.8 Å². The maximum atomic E-state index is 11.4. The average Bonchev–Trinajstić information content (AvgIpc) is 2.65. The molecule has 1 saturated heterocycles. The third-order valence-electron chi connectivity index (χ3n) is 2.10. The summed E-state index contributed by atoms with van der Waals surface area (Å²) >= 11 is 0. The second-order valence-corrected chi connectivity index (χ2v) is 3.62. The summed E-state index contributed by atoms with van der Waals surface area (Å²) in [5.74, 6) is 5.35. The van der Waals surface area contributed by atoms with Crippen LogP contribution in [-0.2, 0) is 4.74 Å². The molecule has 0 radical (unpaired) electrons. The van der Waals surface area contributed by atoms with Crippen LogP contribution in [0, 0.1) is 0 Å². The molecule has 0 saturated carbocycles. The van der Waals surface area contributed by atoms with E-state index in [4.69, 9.17) is 16.3 Å². The molecule has 0 aliphatic carbocycles. The molecular formula is C9H18N4O2. The number of likely N-dealkylation sites (tertiary alicyclic amines) is 1. The number of rotatable bonds is 3. The van der Waals surface area contributed by atoms with Crippen LogP contribution in [-0.4, -0.2) is 42.7 Å². The minimum absolute atomic E-state index is 0.0802. The first-order chi connectivity index (χ1) is 7.09. The van der Waals surface area contributed by atoms with Gasteiger partial charge in [-0.05, 0) is 12.8 Å². The molecule has 0 aromatic rings. The third-order valence-corrected chi connectivity index (χ3v) is 2.10. The standard InChI is InChI=1S/C9H18N4O2/c1-12(11)6-8(10)7-15-9(14)13-4-2-3-5-13/h6H,2-5,7,10-11H2,1H3/b8-6-. The van der Waals surface area contributed by atoms with Gasteiger partial charge in [0.1, 0.15) is 6.61 Å². The molecule has 1 amide bonds. The maximum Gasteiger partial charge on any atom is 0.410 e. The van der Waals surface area contributed by atoms with Crippen LogP contribution in [0.3, 0.4) is 0 Å². The number of nitrogens with two attached hydrogens (primary N) is 2. The van der Waals surface area contributed by atoms with Crippen molar-refractivity contribution in [3.8, 4) is 0 Å². The van der Waals surface area contributed by atoms with Gasteiger partial charge in [-0.2, -0.15) is 0 Å². The molecule has 1 aliphatic heterocycles. The van der Waals surface area contributed by atoms with Gasteiger partial charge in [0.05, 0.1) is 5.70 Å². The van der Waals surface area contributed by atoms with Gasteiger partial charge >= 0.3 is 6.09 Å². The summed E-state index contributed by atoms with van der Waals surface area (Å²) in [6.07, 6.45) is 3.30. The van der Waals surface area contributed by atoms with Crippen molar-refractivity contribution in [3.63, 3.8) is 0 Å². The second kappa shape index (κ2) is 5.45. The van der Waals surface area contributed by atoms with Crippen LogP contribution in [0.4, 0.5) is 4.79 Å². The first-order valence-electron chi connectivity index (χ1n) is 4.95. The Bertz CT molecular complexity index is 246. The molecule has 1 aliphatic rings. The highest BCUT2D eigenvalue weighted by Crippen LogP contribution is 2.08. The molecule has 6 heteroatoms. The fraction of sp³-hybridized carbons (Fsp3) is 0.667. The van der Waals surface area contributed by atoms with Gasteiger partial charge < -0.3 is 20.4 Å². The van der Waals surface area contributed by atoms with E-state index in [0.29, 0.717) is 5.70 Å². The quantitative estimate of drug-likeness (QED) is 0.503. The molecule has 86 valence electrons. The molecule has 4 N–H and O–H groups in total. The maximum absolute atomic E-state index is 11.4. The van der Waals surface area contributed by atoms with E-state index in [2.05, 4.69) is 0 Å². The van der Waals surface area contributed by atoms with Crippen molar-refractivity contribution in [1.82, 2.24) is 9.91 Å². The summed E-state index contributed by atoms with van der Waals surface area (Å²) in [5, 5.41) is 1.32. The Labute approximate surface area is 89.4 Å². The fourth-order valence-electron chi connectivity index (χ4n) is 1.43. The van der Waals surface area contributed by atoms with Crippen LogP contribution in [0.1, 0.15) is 12.8 Å². The zero-order chi connectivity index (χ0) is 11.3. The Hall–Kier alpha value is -1.43. The number of ether oxygens (including phenoxy) is 1. The molecule has 6 nitrogen and oxygen atoms in total. The third kappa shape index (κ3) is 4.07. The number of amides is 1. The van der Waals surface area contributed by atoms with Crippen molar-refractivity contribution < 1.29 is 9.53 Å². The zero-order valence-corrected chi connectivity index (χ0v) is 8.98. The van der Waals surface area contributed by atoms with Gasteiger partial charge in [-0.25, -0.2) is 10.6 Å². The van der Waals surface area contributed by atoms with E-state index in [0.717, 1.165) is 25.9 Å². The Balaban J connectivity index is 2.27. The van der Waals surface area contributed by atoms with Gasteiger partial charge in [-0.3, -0.25) is 0 Å². The van der Waals surface area contributed by atoms with Gasteiger partial charge in [0.15, 0.2) is 0 Å². The number of nitrogens with zero attached hydrogens (tertiary/aromatic N) is 2. The van der Waals surface area contributed by atoms with Gasteiger partial charge in [0, 0.05) is 26.3 Å². The van der Waals surface area contributed by atoms with Crippen molar-refractivity contribution in [2.45, 2.75) is 12.8 Å². The van der Waals surface area contributed by atoms with Crippen LogP contribution in [0.2, 0.25) is 0 Å². The smallest absolute Gasteiger partial charge is 0.410 e. The van der Waals surface area contributed by atoms with E-state index < -0.39 is 0 Å². The molecule has 0 bridgehead atoms. The largest absolute Gasteiger partial charge is 0.443 e. The van der Waals surface area contributed by atoms with Gasteiger partial charge in [0.2, 0.25) is 0 Å². The number of carbonyl (C=O) groups excluding carboxylic acids is 1. The lowest BCUT2D eigenvalue weighted by Gasteiger charge is -2.15. The van der Waals surface area contributed by atoms with Crippen molar-refractivity contribution in [2.24, 2.45) is 11.6 Å². The number of hydrazine groups is 1. The molecular weight excluding hydrogens is 196 g/mol. The van der Waals surface area contributed by atoms with E-state index in [1.54, 1.807) is 11.9 Å². The highest BCUT2D eigenvalue weighted by Gasteiger charge is 2.18. The fourth-order valence-corrected chi connectivity index (χ4v) is 1.43. The predicted molar refractivity (Wildman–Crippen MR) is 56.4 cm³/mol. The highest BCUT2D eigenvalue weighted by molar-refractivity contribution is 5.68. The normalized spacial score (nSPS) is 16.7. The summed E-state index contributed by atoms with van der Waals surface area (Å²) in [6.45, 7) is 1.63. The lowest BCUT2D eigenvalue weighted by Crippen LogP contribution is -2.30. The summed E-state index contributed by atoms with van der Waals surface area (Å²) in [5.41, 5.74) is 5.99. The number of carbonyl (C=O) groups is 1. The highest BCUT2D eigenvalue weighted by atomic mass is 16.6. The summed E-state index contributed by atoms with van der Waals surface area (Å²) in [6, 6.07) is 0. The second-order valence-electron chi connectivity index (χ2n) is 3.62. The van der Waals surface area contributed by atoms with Gasteiger partial charge in [-0.1, -0.05) is 0 Å².